The quantitative estimate of drug-likeness (QED) is 0.151. The van der Waals surface area contributed by atoms with Crippen molar-refractivity contribution >= 4 is 96.1 Å². The van der Waals surface area contributed by atoms with E-state index in [0.29, 0.717) is 0 Å². The molecule has 0 aliphatic heterocycles. The van der Waals surface area contributed by atoms with Crippen molar-refractivity contribution in [3.05, 3.63) is 230 Å². The Kier molecular flexibility index (Phi) is 8.17. The SMILES string of the molecule is Cc1cc(-c2ccc3ccc4c(-c5cc(-c6ccccc6)cc(-c6ccccc6)c5)ccc5ccc2c3c54)ccc1-c1ccc2sc3c(ccc4c5ccccc5c5ccccc5c43)c2c1. The van der Waals surface area contributed by atoms with Gasteiger partial charge in [0, 0.05) is 25.6 Å². The average molecular weight is 853 g/mol. The molecule has 0 aliphatic rings. The summed E-state index contributed by atoms with van der Waals surface area (Å²) >= 11 is 1.92. The fourth-order valence-electron chi connectivity index (χ4n) is 11.2. The zero-order valence-electron chi connectivity index (χ0n) is 36.3. The molecular weight excluding hydrogens is 813 g/mol. The molecule has 14 rings (SSSR count). The number of thiophene rings is 1. The largest absolute Gasteiger partial charge is 0.135 e. The third kappa shape index (κ3) is 5.64. The second-order valence-corrected chi connectivity index (χ2v) is 19.0. The third-order valence-corrected chi connectivity index (χ3v) is 15.5. The van der Waals surface area contributed by atoms with E-state index in [1.807, 2.05) is 11.3 Å². The van der Waals surface area contributed by atoms with Crippen LogP contribution in [-0.4, -0.2) is 0 Å². The highest BCUT2D eigenvalue weighted by Crippen LogP contribution is 2.47. The van der Waals surface area contributed by atoms with Gasteiger partial charge in [0.05, 0.1) is 0 Å². The molecule has 66 heavy (non-hydrogen) atoms. The molecule has 0 radical (unpaired) electrons. The van der Waals surface area contributed by atoms with Gasteiger partial charge in [0.25, 0.3) is 0 Å². The number of rotatable bonds is 5. The van der Waals surface area contributed by atoms with Crippen LogP contribution in [0.25, 0.3) is 140 Å². The lowest BCUT2D eigenvalue weighted by Crippen LogP contribution is -1.91. The van der Waals surface area contributed by atoms with Crippen molar-refractivity contribution in [1.29, 1.82) is 0 Å². The molecule has 1 heteroatoms. The minimum absolute atomic E-state index is 1.22. The summed E-state index contributed by atoms with van der Waals surface area (Å²) in [6.07, 6.45) is 0. The zero-order valence-corrected chi connectivity index (χ0v) is 37.1. The van der Waals surface area contributed by atoms with Gasteiger partial charge >= 0.3 is 0 Å². The molecule has 13 aromatic carbocycles. The van der Waals surface area contributed by atoms with Crippen LogP contribution in [0.15, 0.2) is 224 Å². The van der Waals surface area contributed by atoms with Gasteiger partial charge in [-0.25, -0.2) is 0 Å². The van der Waals surface area contributed by atoms with E-state index in [1.165, 1.54) is 146 Å². The molecular formula is C65H40S. The molecule has 0 bridgehead atoms. The highest BCUT2D eigenvalue weighted by molar-refractivity contribution is 7.26. The van der Waals surface area contributed by atoms with Crippen molar-refractivity contribution in [2.75, 3.05) is 0 Å². The normalized spacial score (nSPS) is 12.0. The zero-order chi connectivity index (χ0) is 43.5. The summed E-state index contributed by atoms with van der Waals surface area (Å²) in [7, 11) is 0. The van der Waals surface area contributed by atoms with Gasteiger partial charge in [-0.1, -0.05) is 194 Å². The third-order valence-electron chi connectivity index (χ3n) is 14.3. The maximum absolute atomic E-state index is 2.43. The van der Waals surface area contributed by atoms with Crippen LogP contribution in [0.2, 0.25) is 0 Å². The number of aryl methyl sites for hydroxylation is 1. The van der Waals surface area contributed by atoms with Gasteiger partial charge in [0.1, 0.15) is 0 Å². The molecule has 1 aromatic heterocycles. The van der Waals surface area contributed by atoms with Gasteiger partial charge < -0.3 is 0 Å². The number of hydrogen-bond donors (Lipinski definition) is 0. The van der Waals surface area contributed by atoms with E-state index in [-0.39, 0.29) is 0 Å². The first kappa shape index (κ1) is 37.3. The standard InChI is InChI=1S/C65H40S/c1-39-34-44(24-26-49(39)45-25-33-61-60(38-45)59-32-31-58-54-18-9-8-16-52(54)53-17-10-11-19-55(53)64(58)65(59)66-61)50-27-20-42-23-30-57-51(28-21-43-22-29-56(50)62(42)63(43)57)48-36-46(40-12-4-2-5-13-40)35-47(37-48)41-14-6-3-7-15-41/h2-38H,1H3. The molecule has 306 valence electrons. The van der Waals surface area contributed by atoms with E-state index < -0.39 is 0 Å². The van der Waals surface area contributed by atoms with Crippen molar-refractivity contribution in [1.82, 2.24) is 0 Å². The molecule has 0 aliphatic carbocycles. The van der Waals surface area contributed by atoms with Crippen LogP contribution in [0.3, 0.4) is 0 Å². The molecule has 0 saturated carbocycles. The van der Waals surface area contributed by atoms with Crippen molar-refractivity contribution in [2.45, 2.75) is 6.92 Å². The van der Waals surface area contributed by atoms with E-state index in [0.717, 1.165) is 0 Å². The van der Waals surface area contributed by atoms with E-state index in [2.05, 4.69) is 231 Å². The van der Waals surface area contributed by atoms with Crippen molar-refractivity contribution in [3.8, 4) is 55.6 Å². The monoisotopic (exact) mass is 852 g/mol. The van der Waals surface area contributed by atoms with Crippen molar-refractivity contribution in [2.24, 2.45) is 0 Å². The summed E-state index contributed by atoms with van der Waals surface area (Å²) < 4.78 is 2.69. The van der Waals surface area contributed by atoms with E-state index in [4.69, 9.17) is 0 Å². The summed E-state index contributed by atoms with van der Waals surface area (Å²) in [6.45, 7) is 2.27. The Labute approximate surface area is 386 Å². The van der Waals surface area contributed by atoms with Gasteiger partial charge in [0.15, 0.2) is 0 Å². The minimum Gasteiger partial charge on any atom is -0.135 e. The second-order valence-electron chi connectivity index (χ2n) is 18.0. The lowest BCUT2D eigenvalue weighted by atomic mass is 9.85. The minimum atomic E-state index is 1.22. The predicted molar refractivity (Wildman–Crippen MR) is 287 cm³/mol. The van der Waals surface area contributed by atoms with Crippen LogP contribution in [0.5, 0.6) is 0 Å². The molecule has 0 unspecified atom stereocenters. The van der Waals surface area contributed by atoms with Crippen molar-refractivity contribution < 1.29 is 0 Å². The van der Waals surface area contributed by atoms with Gasteiger partial charge in [-0.3, -0.25) is 0 Å². The van der Waals surface area contributed by atoms with E-state index >= 15 is 0 Å². The maximum atomic E-state index is 2.43. The highest BCUT2D eigenvalue weighted by atomic mass is 32.1. The van der Waals surface area contributed by atoms with Gasteiger partial charge in [0.2, 0.25) is 0 Å². The van der Waals surface area contributed by atoms with E-state index in [9.17, 15) is 0 Å². The highest BCUT2D eigenvalue weighted by Gasteiger charge is 2.19. The van der Waals surface area contributed by atoms with E-state index in [1.54, 1.807) is 0 Å². The summed E-state index contributed by atoms with van der Waals surface area (Å²) in [6, 6.07) is 83.9. The molecule has 14 aromatic rings. The molecule has 0 amide bonds. The van der Waals surface area contributed by atoms with Crippen LogP contribution in [0.1, 0.15) is 5.56 Å². The lowest BCUT2D eigenvalue weighted by molar-refractivity contribution is 1.46. The average Bonchev–Trinajstić information content (AvgIpc) is 3.76. The van der Waals surface area contributed by atoms with Gasteiger partial charge in [-0.2, -0.15) is 0 Å². The molecule has 1 heterocycles. The summed E-state index contributed by atoms with van der Waals surface area (Å²) in [5, 5.41) is 18.4. The van der Waals surface area contributed by atoms with Crippen LogP contribution in [0.4, 0.5) is 0 Å². The van der Waals surface area contributed by atoms with Gasteiger partial charge in [-0.05, 0) is 158 Å². The Hall–Kier alpha value is -8.10. The van der Waals surface area contributed by atoms with Crippen LogP contribution < -0.4 is 0 Å². The molecule has 0 spiro atoms. The fourth-order valence-corrected chi connectivity index (χ4v) is 12.5. The molecule has 0 N–H and O–H groups in total. The first-order valence-corrected chi connectivity index (χ1v) is 23.7. The maximum Gasteiger partial charge on any atom is 0.0440 e. The summed E-state index contributed by atoms with van der Waals surface area (Å²) in [5.41, 5.74) is 13.7. The Balaban J connectivity index is 0.887. The molecule has 0 saturated heterocycles. The first-order valence-electron chi connectivity index (χ1n) is 22.9. The van der Waals surface area contributed by atoms with Crippen molar-refractivity contribution in [3.63, 3.8) is 0 Å². The number of hydrogen-bond acceptors (Lipinski definition) is 1. The Morgan fingerprint density at radius 1 is 0.258 bits per heavy atom. The van der Waals surface area contributed by atoms with Gasteiger partial charge in [-0.15, -0.1) is 11.3 Å². The smallest absolute Gasteiger partial charge is 0.0440 e. The molecule has 0 nitrogen and oxygen atoms in total. The predicted octanol–water partition coefficient (Wildman–Crippen LogP) is 19.1. The van der Waals surface area contributed by atoms with Crippen LogP contribution >= 0.6 is 11.3 Å². The van der Waals surface area contributed by atoms with Crippen LogP contribution in [0, 0.1) is 6.92 Å². The molecule has 0 fully saturated rings. The Morgan fingerprint density at radius 2 is 0.712 bits per heavy atom. The Bertz CT molecular complexity index is 4180. The topological polar surface area (TPSA) is 0 Å². The first-order chi connectivity index (χ1) is 32.6. The fraction of sp³-hybridized carbons (Fsp3) is 0.0154. The number of fused-ring (bicyclic) bond motifs is 10. The number of benzene rings is 13. The molecule has 0 atom stereocenters. The lowest BCUT2D eigenvalue weighted by Gasteiger charge is -2.18. The summed E-state index contributed by atoms with van der Waals surface area (Å²) in [5.74, 6) is 0. The second kappa shape index (κ2) is 14.5. The van der Waals surface area contributed by atoms with Crippen LogP contribution in [-0.2, 0) is 0 Å². The Morgan fingerprint density at radius 3 is 1.33 bits per heavy atom. The summed E-state index contributed by atoms with van der Waals surface area (Å²) in [4.78, 5) is 0.